The van der Waals surface area contributed by atoms with E-state index in [0.717, 1.165) is 4.68 Å². The van der Waals surface area contributed by atoms with Crippen LogP contribution in [0.2, 0.25) is 0 Å². The molecular weight excluding hydrogens is 467 g/mol. The van der Waals surface area contributed by atoms with E-state index in [9.17, 15) is 18.0 Å². The van der Waals surface area contributed by atoms with Crippen LogP contribution in [-0.4, -0.2) is 41.5 Å². The summed E-state index contributed by atoms with van der Waals surface area (Å²) in [5.41, 5.74) is 1.07. The quantitative estimate of drug-likeness (QED) is 0.369. The molecule has 0 aliphatic heterocycles. The average molecular weight is 481 g/mol. The van der Waals surface area contributed by atoms with Crippen LogP contribution < -0.4 is 10.3 Å². The highest BCUT2D eigenvalue weighted by molar-refractivity contribution is 5.83. The van der Waals surface area contributed by atoms with Crippen LogP contribution in [0.25, 0.3) is 33.7 Å². The lowest BCUT2D eigenvalue weighted by Crippen LogP contribution is -2.28. The van der Waals surface area contributed by atoms with E-state index in [2.05, 4.69) is 35.2 Å². The number of ether oxygens (including phenoxy) is 1. The Morgan fingerprint density at radius 1 is 1.00 bits per heavy atom. The molecular formula is C22H14F3N7O3. The molecule has 5 rings (SSSR count). The van der Waals surface area contributed by atoms with Crippen LogP contribution in [0.5, 0.6) is 5.75 Å². The van der Waals surface area contributed by atoms with E-state index in [-0.39, 0.29) is 28.7 Å². The van der Waals surface area contributed by atoms with Gasteiger partial charge in [0.15, 0.2) is 0 Å². The fourth-order valence-electron chi connectivity index (χ4n) is 3.35. The second kappa shape index (κ2) is 8.59. The van der Waals surface area contributed by atoms with E-state index in [1.807, 2.05) is 0 Å². The lowest BCUT2D eigenvalue weighted by atomic mass is 10.0. The zero-order valence-corrected chi connectivity index (χ0v) is 17.8. The predicted molar refractivity (Wildman–Crippen MR) is 115 cm³/mol. The Labute approximate surface area is 194 Å². The van der Waals surface area contributed by atoms with E-state index >= 15 is 0 Å². The summed E-state index contributed by atoms with van der Waals surface area (Å²) in [6.07, 6.45) is -1.71. The third-order valence-electron chi connectivity index (χ3n) is 5.04. The molecule has 1 atom stereocenters. The van der Waals surface area contributed by atoms with Gasteiger partial charge in [-0.25, -0.2) is 9.97 Å². The Morgan fingerprint density at radius 2 is 1.71 bits per heavy atom. The number of fused-ring (bicyclic) bond motifs is 1. The second-order valence-corrected chi connectivity index (χ2v) is 7.35. The first kappa shape index (κ1) is 22.1. The molecule has 0 radical (unpaired) electrons. The van der Waals surface area contributed by atoms with Crippen LogP contribution in [0.15, 0.2) is 70.2 Å². The first-order valence-corrected chi connectivity index (χ1v) is 10.1. The van der Waals surface area contributed by atoms with Crippen molar-refractivity contribution in [1.82, 2.24) is 35.1 Å². The maximum atomic E-state index is 13.2. The molecule has 5 aromatic rings. The van der Waals surface area contributed by atoms with Gasteiger partial charge in [0.1, 0.15) is 17.3 Å². The van der Waals surface area contributed by atoms with Gasteiger partial charge in [-0.1, -0.05) is 28.6 Å². The molecule has 3 aromatic heterocycles. The third kappa shape index (κ3) is 4.55. The summed E-state index contributed by atoms with van der Waals surface area (Å²) in [5, 5.41) is 12.2. The zero-order chi connectivity index (χ0) is 24.6. The Bertz CT molecular complexity index is 1550. The van der Waals surface area contributed by atoms with E-state index in [1.54, 1.807) is 31.2 Å². The molecule has 0 spiro atoms. The fourth-order valence-corrected chi connectivity index (χ4v) is 3.35. The van der Waals surface area contributed by atoms with Crippen molar-refractivity contribution in [1.29, 1.82) is 0 Å². The molecule has 10 nitrogen and oxygen atoms in total. The topological polar surface area (TPSA) is 122 Å². The number of aromatic nitrogens is 7. The number of nitrogens with zero attached hydrogens (tertiary/aromatic N) is 7. The molecule has 35 heavy (non-hydrogen) atoms. The van der Waals surface area contributed by atoms with Crippen LogP contribution in [0.1, 0.15) is 18.9 Å². The van der Waals surface area contributed by atoms with Gasteiger partial charge in [0.2, 0.25) is 11.6 Å². The number of halogens is 3. The van der Waals surface area contributed by atoms with Gasteiger partial charge >= 0.3 is 6.36 Å². The van der Waals surface area contributed by atoms with Crippen molar-refractivity contribution in [2.45, 2.75) is 19.3 Å². The highest BCUT2D eigenvalue weighted by Gasteiger charge is 2.31. The lowest BCUT2D eigenvalue weighted by molar-refractivity contribution is -0.274. The van der Waals surface area contributed by atoms with E-state index in [4.69, 9.17) is 4.52 Å². The van der Waals surface area contributed by atoms with Crippen molar-refractivity contribution < 1.29 is 22.4 Å². The molecule has 0 N–H and O–H groups in total. The van der Waals surface area contributed by atoms with Gasteiger partial charge in [0.05, 0.1) is 5.39 Å². The molecule has 0 saturated heterocycles. The van der Waals surface area contributed by atoms with Crippen LogP contribution in [0.4, 0.5) is 13.2 Å². The Balaban J connectivity index is 1.47. The summed E-state index contributed by atoms with van der Waals surface area (Å²) in [6, 6.07) is 11.1. The lowest BCUT2D eigenvalue weighted by Gasteiger charge is -2.11. The molecule has 0 aliphatic carbocycles. The SMILES string of the molecule is CC(c1nc(-c2ncccn2)no1)n1nnc2ccc(-c3ccc(OC(F)(F)F)cc3)cc2c1=O. The first-order valence-electron chi connectivity index (χ1n) is 10.1. The second-order valence-electron chi connectivity index (χ2n) is 7.35. The molecule has 0 aliphatic rings. The predicted octanol–water partition coefficient (Wildman–Crippen LogP) is 3.81. The van der Waals surface area contributed by atoms with Gasteiger partial charge in [-0.05, 0) is 48.4 Å². The first-order chi connectivity index (χ1) is 16.8. The summed E-state index contributed by atoms with van der Waals surface area (Å²) >= 11 is 0. The normalized spacial score (nSPS) is 12.6. The molecule has 0 fully saturated rings. The number of alkyl halides is 3. The maximum absolute atomic E-state index is 13.2. The summed E-state index contributed by atoms with van der Waals surface area (Å²) in [6.45, 7) is 1.65. The van der Waals surface area contributed by atoms with Crippen molar-refractivity contribution in [2.24, 2.45) is 0 Å². The van der Waals surface area contributed by atoms with Crippen LogP contribution >= 0.6 is 0 Å². The van der Waals surface area contributed by atoms with Gasteiger partial charge < -0.3 is 9.26 Å². The molecule has 176 valence electrons. The van der Waals surface area contributed by atoms with Crippen LogP contribution in [0, 0.1) is 0 Å². The van der Waals surface area contributed by atoms with Crippen molar-refractivity contribution in [3.63, 3.8) is 0 Å². The number of hydrogen-bond donors (Lipinski definition) is 0. The standard InChI is InChI=1S/C22H14F3N7O3/c1-12(20-28-19(30-35-20)18-26-9-2-10-27-18)32-21(33)16-11-14(5-8-17(16)29-31-32)13-3-6-15(7-4-13)34-22(23,24)25/h2-12H,1H3. The maximum Gasteiger partial charge on any atom is 0.573 e. The molecule has 0 bridgehead atoms. The average Bonchev–Trinajstić information content (AvgIpc) is 3.34. The Hall–Kier alpha value is -4.68. The van der Waals surface area contributed by atoms with Gasteiger partial charge in [-0.2, -0.15) is 9.67 Å². The van der Waals surface area contributed by atoms with Gasteiger partial charge in [0.25, 0.3) is 11.4 Å². The van der Waals surface area contributed by atoms with Crippen LogP contribution in [-0.2, 0) is 0 Å². The van der Waals surface area contributed by atoms with Gasteiger partial charge in [-0.15, -0.1) is 18.3 Å². The van der Waals surface area contributed by atoms with Crippen molar-refractivity contribution in [3.8, 4) is 28.5 Å². The number of hydrogen-bond acceptors (Lipinski definition) is 9. The smallest absolute Gasteiger partial charge is 0.406 e. The summed E-state index contributed by atoms with van der Waals surface area (Å²) < 4.78 is 47.5. The number of rotatable bonds is 5. The monoisotopic (exact) mass is 481 g/mol. The highest BCUT2D eigenvalue weighted by Crippen LogP contribution is 2.27. The van der Waals surface area contributed by atoms with Crippen molar-refractivity contribution >= 4 is 10.9 Å². The largest absolute Gasteiger partial charge is 0.573 e. The van der Waals surface area contributed by atoms with E-state index < -0.39 is 18.0 Å². The zero-order valence-electron chi connectivity index (χ0n) is 17.8. The Kier molecular flexibility index (Phi) is 5.43. The Morgan fingerprint density at radius 3 is 2.43 bits per heavy atom. The van der Waals surface area contributed by atoms with E-state index in [1.165, 1.54) is 36.7 Å². The van der Waals surface area contributed by atoms with Gasteiger partial charge in [0, 0.05) is 12.4 Å². The third-order valence-corrected chi connectivity index (χ3v) is 5.04. The van der Waals surface area contributed by atoms with E-state index in [0.29, 0.717) is 16.6 Å². The molecule has 2 aromatic carbocycles. The molecule has 1 unspecified atom stereocenters. The summed E-state index contributed by atoms with van der Waals surface area (Å²) in [5.74, 6) is 0.195. The number of benzene rings is 2. The van der Waals surface area contributed by atoms with Crippen LogP contribution in [0.3, 0.4) is 0 Å². The molecule has 3 heterocycles. The van der Waals surface area contributed by atoms with Crippen molar-refractivity contribution in [2.75, 3.05) is 0 Å². The minimum Gasteiger partial charge on any atom is -0.406 e. The van der Waals surface area contributed by atoms with Crippen molar-refractivity contribution in [3.05, 3.63) is 77.2 Å². The summed E-state index contributed by atoms with van der Waals surface area (Å²) in [7, 11) is 0. The molecule has 0 saturated carbocycles. The highest BCUT2D eigenvalue weighted by atomic mass is 19.4. The minimum absolute atomic E-state index is 0.111. The minimum atomic E-state index is -4.78. The fraction of sp³-hybridized carbons (Fsp3) is 0.136. The molecule has 0 amide bonds. The molecule has 13 heteroatoms. The van der Waals surface area contributed by atoms with Gasteiger partial charge in [-0.3, -0.25) is 4.79 Å². The summed E-state index contributed by atoms with van der Waals surface area (Å²) in [4.78, 5) is 25.6.